The lowest BCUT2D eigenvalue weighted by Gasteiger charge is -2.08. The fraction of sp³-hybridized carbons (Fsp3) is 0.111. The number of nitrogens with zero attached hydrogens (tertiary/aromatic N) is 1. The van der Waals surface area contributed by atoms with Gasteiger partial charge in [0.1, 0.15) is 0 Å². The van der Waals surface area contributed by atoms with E-state index >= 15 is 0 Å². The number of carbonyl (C=O) groups excluding carboxylic acids is 1. The molecule has 0 aliphatic carbocycles. The Hall–Kier alpha value is -2.58. The van der Waals surface area contributed by atoms with Gasteiger partial charge in [-0.3, -0.25) is 4.79 Å². The molecule has 2 aromatic carbocycles. The van der Waals surface area contributed by atoms with Crippen LogP contribution < -0.4 is 4.74 Å². The number of phenols is 1. The smallest absolute Gasteiger partial charge is 0.185 e. The van der Waals surface area contributed by atoms with Crippen LogP contribution in [-0.2, 0) is 0 Å². The first-order valence-corrected chi connectivity index (χ1v) is 7.72. The minimum absolute atomic E-state index is 0.0250. The number of ether oxygens (including phenoxy) is 1. The minimum Gasteiger partial charge on any atom is -0.503 e. The molecular weight excluding hydrogens is 358 g/mol. The minimum atomic E-state index is -0.204. The third-order valence-corrected chi connectivity index (χ3v) is 3.66. The van der Waals surface area contributed by atoms with E-state index in [4.69, 9.17) is 10.00 Å². The summed E-state index contributed by atoms with van der Waals surface area (Å²) in [7, 11) is 0. The van der Waals surface area contributed by atoms with Gasteiger partial charge in [0.2, 0.25) is 0 Å². The van der Waals surface area contributed by atoms with E-state index in [2.05, 4.69) is 15.9 Å². The number of aromatic hydroxyl groups is 1. The lowest BCUT2D eigenvalue weighted by molar-refractivity contribution is 0.104. The van der Waals surface area contributed by atoms with Crippen LogP contribution in [0.5, 0.6) is 11.5 Å². The van der Waals surface area contributed by atoms with Crippen LogP contribution in [0.15, 0.2) is 46.9 Å². The maximum Gasteiger partial charge on any atom is 0.185 e. The molecule has 0 aliphatic heterocycles. The van der Waals surface area contributed by atoms with E-state index in [0.29, 0.717) is 33.5 Å². The van der Waals surface area contributed by atoms with Crippen molar-refractivity contribution in [1.29, 1.82) is 5.26 Å². The fourth-order valence-corrected chi connectivity index (χ4v) is 2.43. The first kappa shape index (κ1) is 16.8. The van der Waals surface area contributed by atoms with Crippen LogP contribution in [0, 0.1) is 11.3 Å². The third-order valence-electron chi connectivity index (χ3n) is 3.05. The molecule has 2 rings (SSSR count). The standard InChI is InChI=1S/C18H14BrNO3/c1-2-23-17-10-12(9-15(19)18(17)22)6-7-16(21)14-5-3-4-13(8-14)11-20/h3-10,22H,2H2,1H3/b7-6+. The molecule has 0 heterocycles. The van der Waals surface area contributed by atoms with Gasteiger partial charge in [0.05, 0.1) is 22.7 Å². The molecule has 0 radical (unpaired) electrons. The van der Waals surface area contributed by atoms with Crippen LogP contribution >= 0.6 is 15.9 Å². The van der Waals surface area contributed by atoms with Crippen LogP contribution in [0.4, 0.5) is 0 Å². The fourth-order valence-electron chi connectivity index (χ4n) is 1.97. The summed E-state index contributed by atoms with van der Waals surface area (Å²) in [6.45, 7) is 2.24. The van der Waals surface area contributed by atoms with Gasteiger partial charge in [0, 0.05) is 5.56 Å². The number of allylic oxidation sites excluding steroid dienone is 1. The van der Waals surface area contributed by atoms with E-state index in [1.807, 2.05) is 13.0 Å². The number of halogens is 1. The van der Waals surface area contributed by atoms with Gasteiger partial charge < -0.3 is 9.84 Å². The maximum absolute atomic E-state index is 12.2. The Balaban J connectivity index is 2.25. The highest BCUT2D eigenvalue weighted by molar-refractivity contribution is 9.10. The Kier molecular flexibility index (Phi) is 5.56. The number of carbonyl (C=O) groups is 1. The van der Waals surface area contributed by atoms with Gasteiger partial charge in [0.15, 0.2) is 17.3 Å². The highest BCUT2D eigenvalue weighted by Crippen LogP contribution is 2.35. The second-order valence-electron chi connectivity index (χ2n) is 4.67. The molecule has 0 saturated carbocycles. The molecule has 5 heteroatoms. The molecular formula is C18H14BrNO3. The molecule has 116 valence electrons. The number of ketones is 1. The first-order valence-electron chi connectivity index (χ1n) is 6.93. The average Bonchev–Trinajstić information content (AvgIpc) is 2.57. The summed E-state index contributed by atoms with van der Waals surface area (Å²) in [5.74, 6) is 0.168. The zero-order valence-electron chi connectivity index (χ0n) is 12.4. The van der Waals surface area contributed by atoms with Crippen LogP contribution in [0.1, 0.15) is 28.4 Å². The second-order valence-corrected chi connectivity index (χ2v) is 5.53. The van der Waals surface area contributed by atoms with E-state index in [-0.39, 0.29) is 11.5 Å². The zero-order chi connectivity index (χ0) is 16.8. The molecule has 4 nitrogen and oxygen atoms in total. The van der Waals surface area contributed by atoms with E-state index in [9.17, 15) is 9.90 Å². The van der Waals surface area contributed by atoms with Crippen molar-refractivity contribution in [3.8, 4) is 17.6 Å². The summed E-state index contributed by atoms with van der Waals surface area (Å²) >= 11 is 3.25. The summed E-state index contributed by atoms with van der Waals surface area (Å²) in [4.78, 5) is 12.2. The summed E-state index contributed by atoms with van der Waals surface area (Å²) < 4.78 is 5.83. The molecule has 0 saturated heterocycles. The molecule has 0 bridgehead atoms. The van der Waals surface area contributed by atoms with Crippen molar-refractivity contribution in [3.63, 3.8) is 0 Å². The molecule has 2 aromatic rings. The van der Waals surface area contributed by atoms with Gasteiger partial charge in [-0.05, 0) is 58.8 Å². The molecule has 1 N–H and O–H groups in total. The van der Waals surface area contributed by atoms with Crippen molar-refractivity contribution in [3.05, 3.63) is 63.6 Å². The monoisotopic (exact) mass is 371 g/mol. The summed E-state index contributed by atoms with van der Waals surface area (Å²) in [5.41, 5.74) is 1.60. The number of nitriles is 1. The predicted molar refractivity (Wildman–Crippen MR) is 91.5 cm³/mol. The van der Waals surface area contributed by atoms with Crippen LogP contribution in [-0.4, -0.2) is 17.5 Å². The average molecular weight is 372 g/mol. The number of rotatable bonds is 5. The first-order chi connectivity index (χ1) is 11.0. The Labute approximate surface area is 142 Å². The van der Waals surface area contributed by atoms with Crippen LogP contribution in [0.3, 0.4) is 0 Å². The lowest BCUT2D eigenvalue weighted by Crippen LogP contribution is -1.95. The Morgan fingerprint density at radius 1 is 1.39 bits per heavy atom. The molecule has 23 heavy (non-hydrogen) atoms. The van der Waals surface area contributed by atoms with Crippen LogP contribution in [0.2, 0.25) is 0 Å². The van der Waals surface area contributed by atoms with Gasteiger partial charge in [-0.1, -0.05) is 18.2 Å². The topological polar surface area (TPSA) is 70.3 Å². The number of benzene rings is 2. The summed E-state index contributed by atoms with van der Waals surface area (Å²) in [6.07, 6.45) is 3.05. The van der Waals surface area contributed by atoms with Crippen LogP contribution in [0.25, 0.3) is 6.08 Å². The summed E-state index contributed by atoms with van der Waals surface area (Å²) in [6, 6.07) is 11.9. The third kappa shape index (κ3) is 4.21. The second kappa shape index (κ2) is 7.61. The zero-order valence-corrected chi connectivity index (χ0v) is 14.0. The van der Waals surface area contributed by atoms with Gasteiger partial charge in [-0.15, -0.1) is 0 Å². The van der Waals surface area contributed by atoms with Crippen molar-refractivity contribution in [2.75, 3.05) is 6.61 Å². The number of hydrogen-bond acceptors (Lipinski definition) is 4. The molecule has 0 fully saturated rings. The molecule has 0 aliphatic rings. The molecule has 0 spiro atoms. The van der Waals surface area contributed by atoms with E-state index in [1.54, 1.807) is 42.5 Å². The SMILES string of the molecule is CCOc1cc(/C=C/C(=O)c2cccc(C#N)c2)cc(Br)c1O. The van der Waals surface area contributed by atoms with Gasteiger partial charge in [0.25, 0.3) is 0 Å². The highest BCUT2D eigenvalue weighted by Gasteiger charge is 2.08. The van der Waals surface area contributed by atoms with Gasteiger partial charge in [-0.2, -0.15) is 5.26 Å². The summed E-state index contributed by atoms with van der Waals surface area (Å²) in [5, 5.41) is 18.7. The Morgan fingerprint density at radius 3 is 2.87 bits per heavy atom. The molecule has 0 aromatic heterocycles. The molecule has 0 amide bonds. The normalized spacial score (nSPS) is 10.5. The molecule has 0 atom stereocenters. The predicted octanol–water partition coefficient (Wildman–Crippen LogP) is 4.32. The van der Waals surface area contributed by atoms with E-state index < -0.39 is 0 Å². The van der Waals surface area contributed by atoms with Crippen molar-refractivity contribution in [2.24, 2.45) is 0 Å². The van der Waals surface area contributed by atoms with Gasteiger partial charge >= 0.3 is 0 Å². The van der Waals surface area contributed by atoms with E-state index in [0.717, 1.165) is 0 Å². The van der Waals surface area contributed by atoms with Crippen molar-refractivity contribution in [2.45, 2.75) is 6.92 Å². The lowest BCUT2D eigenvalue weighted by atomic mass is 10.1. The largest absolute Gasteiger partial charge is 0.503 e. The van der Waals surface area contributed by atoms with Gasteiger partial charge in [-0.25, -0.2) is 0 Å². The number of phenolic OH excluding ortho intramolecular Hbond substituents is 1. The van der Waals surface area contributed by atoms with Crippen molar-refractivity contribution >= 4 is 27.8 Å². The van der Waals surface area contributed by atoms with Crippen molar-refractivity contribution < 1.29 is 14.6 Å². The highest BCUT2D eigenvalue weighted by atomic mass is 79.9. The number of hydrogen-bond donors (Lipinski definition) is 1. The quantitative estimate of drug-likeness (QED) is 0.627. The van der Waals surface area contributed by atoms with Crippen molar-refractivity contribution in [1.82, 2.24) is 0 Å². The Bertz CT molecular complexity index is 806. The maximum atomic E-state index is 12.2. The Morgan fingerprint density at radius 2 is 2.17 bits per heavy atom. The van der Waals surface area contributed by atoms with E-state index in [1.165, 1.54) is 6.08 Å². The molecule has 0 unspecified atom stereocenters.